The Balaban J connectivity index is 1.13. The molecule has 13 N–H and O–H groups in total. The Morgan fingerprint density at radius 1 is 0.581 bits per heavy atom. The Kier molecular flexibility index (Phi) is 20.9. The number of ketones is 2. The first kappa shape index (κ1) is 62.0. The Morgan fingerprint density at radius 2 is 1.16 bits per heavy atom. The fraction of sp³-hybridized carbons (Fsp3) is 0.328. The number of nitrogens with zero attached hydrogens (tertiary/aromatic N) is 1. The number of phenolic OH excluding ortho intramolecular Hbond substituents is 1. The number of nitrogens with two attached hydrogens (primary N) is 1. The van der Waals surface area contributed by atoms with Crippen molar-refractivity contribution in [3.05, 3.63) is 155 Å². The van der Waals surface area contributed by atoms with Crippen LogP contribution in [0.3, 0.4) is 0 Å². The maximum atomic E-state index is 14.8. The molecule has 7 amide bonds. The molecule has 4 aromatic carbocycles. The number of aromatic hydroxyl groups is 1. The molecule has 86 heavy (non-hydrogen) atoms. The van der Waals surface area contributed by atoms with Crippen LogP contribution in [0.1, 0.15) is 78.5 Å². The predicted molar refractivity (Wildman–Crippen MR) is 307 cm³/mol. The van der Waals surface area contributed by atoms with Crippen LogP contribution in [0.4, 0.5) is 8.78 Å². The van der Waals surface area contributed by atoms with Gasteiger partial charge in [-0.15, -0.1) is 0 Å². The molecule has 5 heterocycles. The minimum Gasteiger partial charge on any atom is -0.508 e. The number of fused-ring (bicyclic) bond motifs is 32. The number of H-pyrrole nitrogens is 3. The molecular weight excluding hydrogens is 1120 g/mol. The van der Waals surface area contributed by atoms with Crippen LogP contribution >= 0.6 is 0 Å². The van der Waals surface area contributed by atoms with Crippen molar-refractivity contribution in [2.24, 2.45) is 11.7 Å². The van der Waals surface area contributed by atoms with E-state index in [9.17, 15) is 66.9 Å². The first-order valence-electron chi connectivity index (χ1n) is 27.9. The van der Waals surface area contributed by atoms with Crippen molar-refractivity contribution in [1.29, 1.82) is 0 Å². The number of primary amides is 1. The summed E-state index contributed by atoms with van der Waals surface area (Å²) in [5.74, 6) is -11.4. The van der Waals surface area contributed by atoms with Gasteiger partial charge in [0.1, 0.15) is 47.3 Å². The van der Waals surface area contributed by atoms with Crippen LogP contribution in [0.5, 0.6) is 5.75 Å². The smallest absolute Gasteiger partial charge is 0.305 e. The highest BCUT2D eigenvalue weighted by atomic mass is 19.1. The third-order valence-electron chi connectivity index (χ3n) is 14.9. The number of aromatic amines is 3. The summed E-state index contributed by atoms with van der Waals surface area (Å²) >= 11 is 0. The maximum absolute atomic E-state index is 14.8. The van der Waals surface area contributed by atoms with Crippen LogP contribution in [0.2, 0.25) is 0 Å². The summed E-state index contributed by atoms with van der Waals surface area (Å²) in [6.07, 6.45) is 4.05. The molecule has 0 fully saturated rings. The number of carbonyl (C=O) groups is 10. The second-order valence-corrected chi connectivity index (χ2v) is 21.3. The third kappa shape index (κ3) is 17.5. The Morgan fingerprint density at radius 3 is 1.77 bits per heavy atom. The van der Waals surface area contributed by atoms with E-state index in [1.165, 1.54) is 85.6 Å². The van der Waals surface area contributed by atoms with Gasteiger partial charge in [0.05, 0.1) is 25.3 Å². The summed E-state index contributed by atoms with van der Waals surface area (Å²) in [7, 11) is 0. The zero-order valence-corrected chi connectivity index (χ0v) is 46.5. The van der Waals surface area contributed by atoms with Crippen LogP contribution < -0.4 is 37.6 Å². The van der Waals surface area contributed by atoms with Crippen molar-refractivity contribution in [3.63, 3.8) is 0 Å². The topological polar surface area (TPSA) is 370 Å². The molecule has 9 rings (SSSR count). The average molecular weight is 1180 g/mol. The van der Waals surface area contributed by atoms with Gasteiger partial charge < -0.3 is 62.8 Å². The molecule has 0 unspecified atom stereocenters. The number of aryl methyl sites for hydroxylation is 1. The lowest BCUT2D eigenvalue weighted by Gasteiger charge is -2.27. The fourth-order valence-corrected chi connectivity index (χ4v) is 10.2. The van der Waals surface area contributed by atoms with Crippen molar-refractivity contribution in [2.45, 2.75) is 114 Å². The zero-order chi connectivity index (χ0) is 61.4. The summed E-state index contributed by atoms with van der Waals surface area (Å²) in [4.78, 5) is 151. The van der Waals surface area contributed by atoms with Gasteiger partial charge in [-0.2, -0.15) is 0 Å². The van der Waals surface area contributed by atoms with Crippen LogP contribution in [-0.4, -0.2) is 126 Å². The molecule has 0 saturated carbocycles. The Bertz CT molecular complexity index is 3620. The molecule has 2 aliphatic rings. The second-order valence-electron chi connectivity index (χ2n) is 21.3. The van der Waals surface area contributed by atoms with E-state index in [2.05, 4.69) is 51.8 Å². The molecule has 25 heteroatoms. The number of imidazole rings is 1. The number of rotatable bonds is 11. The van der Waals surface area contributed by atoms with Gasteiger partial charge >= 0.3 is 5.97 Å². The third-order valence-corrected chi connectivity index (χ3v) is 14.9. The Hall–Kier alpha value is -10.1. The van der Waals surface area contributed by atoms with Crippen LogP contribution in [-0.2, 0) is 86.5 Å². The van der Waals surface area contributed by atoms with Gasteiger partial charge in [0.25, 0.3) is 0 Å². The number of aliphatic carboxylic acids is 1. The highest BCUT2D eigenvalue weighted by molar-refractivity contribution is 5.99. The first-order valence-corrected chi connectivity index (χ1v) is 27.9. The summed E-state index contributed by atoms with van der Waals surface area (Å²) in [5, 5.41) is 36.2. The lowest BCUT2D eigenvalue weighted by molar-refractivity contribution is -0.141. The van der Waals surface area contributed by atoms with Crippen molar-refractivity contribution < 1.29 is 66.9 Å². The van der Waals surface area contributed by atoms with Crippen molar-refractivity contribution >= 4 is 80.7 Å². The number of phenols is 1. The largest absolute Gasteiger partial charge is 0.508 e. The molecular formula is C61H65F2N11O12. The number of aromatic nitrogens is 4. The summed E-state index contributed by atoms with van der Waals surface area (Å²) < 4.78 is 29.4. The summed E-state index contributed by atoms with van der Waals surface area (Å²) in [6, 6.07) is 12.4. The normalized spacial score (nSPS) is 20.8. The predicted octanol–water partition coefficient (Wildman–Crippen LogP) is 3.02. The van der Waals surface area contributed by atoms with Gasteiger partial charge in [-0.3, -0.25) is 47.9 Å². The molecule has 0 radical (unpaired) electrons. The maximum Gasteiger partial charge on any atom is 0.305 e. The molecule has 0 aliphatic carbocycles. The lowest BCUT2D eigenvalue weighted by Crippen LogP contribution is -2.59. The van der Waals surface area contributed by atoms with E-state index in [1.54, 1.807) is 24.3 Å². The van der Waals surface area contributed by atoms with Gasteiger partial charge in [-0.05, 0) is 102 Å². The fourth-order valence-electron chi connectivity index (χ4n) is 10.2. The number of hydrogen-bond donors (Lipinski definition) is 12. The van der Waals surface area contributed by atoms with E-state index in [0.29, 0.717) is 58.1 Å². The second kappa shape index (κ2) is 29.0. The van der Waals surface area contributed by atoms with Crippen LogP contribution in [0, 0.1) is 17.6 Å². The summed E-state index contributed by atoms with van der Waals surface area (Å²) in [6.45, 7) is -0.613. The van der Waals surface area contributed by atoms with E-state index < -0.39 is 127 Å². The zero-order valence-electron chi connectivity index (χ0n) is 46.5. The number of carbonyl (C=O) groups excluding carboxylic acids is 9. The van der Waals surface area contributed by atoms with Crippen molar-refractivity contribution in [3.8, 4) is 5.75 Å². The van der Waals surface area contributed by atoms with Crippen molar-refractivity contribution in [1.82, 2.24) is 51.8 Å². The SMILES string of the molecule is NC(=O)[C@@H]1Cc2ccc(cc2)CCC(=O)CCCCC(=O)NCC(=O)N[C@@H](Cc2c[nH]c3ccc(F)cc23)C(=O)N[C@@H](Cc2c[nH]c3ccc(F)cc23)C(=O)N[C@@H](CC(=O)O)C(=O)N[C@@H](Cc2cnc[nH]2)C(=O)C[C@@H](Cc2ccc(O)cc2)C(=O)N1. The highest BCUT2D eigenvalue weighted by Crippen LogP contribution is 2.24. The Labute approximate surface area is 490 Å². The van der Waals surface area contributed by atoms with Gasteiger partial charge in [0.15, 0.2) is 5.78 Å². The number of Topliss-reactive ketones (excluding diaryl/α,β-unsaturated/α-hetero) is 2. The molecule has 450 valence electrons. The van der Waals surface area contributed by atoms with E-state index in [4.69, 9.17) is 5.73 Å². The van der Waals surface area contributed by atoms with E-state index in [-0.39, 0.29) is 67.4 Å². The van der Waals surface area contributed by atoms with Gasteiger partial charge in [0.2, 0.25) is 41.4 Å². The van der Waals surface area contributed by atoms with Crippen LogP contribution in [0.15, 0.2) is 110 Å². The number of halogens is 2. The number of amides is 7. The molecule has 23 nitrogen and oxygen atoms in total. The van der Waals surface area contributed by atoms with Gasteiger partial charge in [-0.1, -0.05) is 36.4 Å². The van der Waals surface area contributed by atoms with E-state index in [0.717, 1.165) is 5.56 Å². The molecule has 2 bridgehead atoms. The first-order chi connectivity index (χ1) is 41.2. The lowest BCUT2D eigenvalue weighted by atomic mass is 9.89. The van der Waals surface area contributed by atoms with Gasteiger partial charge in [-0.25, -0.2) is 13.8 Å². The molecule has 0 saturated heterocycles. The number of hydrogen-bond acceptors (Lipinski definition) is 12. The summed E-state index contributed by atoms with van der Waals surface area (Å²) in [5.41, 5.74) is 9.59. The molecule has 3 aromatic heterocycles. The minimum atomic E-state index is -1.97. The number of benzene rings is 4. The number of nitrogens with one attached hydrogen (secondary N) is 9. The standard InChI is InChI=1S/C61H65F2N11O12/c62-39-12-17-46-44(24-39)37(28-66-46)21-50-59(84)73-51(22-38-29-67-47-18-13-40(63)25-45(38)47)60(85)74-52(27-56(80)81)61(86)71-48(26-41-30-65-32-69-41)53(77)23-36(19-34-10-15-43(76)16-11-34)58(83)72-49(57(64)82)20-35-7-5-33(6-8-35)9-14-42(75)3-1-2-4-54(78)68-31-55(79)70-50/h5-8,10-13,15-18,24-25,28-30,32,36,48-52,66-67,76H,1-4,9,14,19-23,26-27,31H2,(H2,64,82)(H,65,69)(H,68,78)(H,70,79)(H,71,86)(H,72,83)(H,73,84)(H,74,85)(H,80,81)/t36-,48+,49+,50+,51+,52+/m1/s1. The quantitative estimate of drug-likeness (QED) is 0.0830. The van der Waals surface area contributed by atoms with Crippen LogP contribution in [0.25, 0.3) is 21.8 Å². The molecule has 0 spiro atoms. The molecule has 2 aliphatic heterocycles. The monoisotopic (exact) mass is 1180 g/mol. The van der Waals surface area contributed by atoms with Crippen molar-refractivity contribution in [2.75, 3.05) is 6.54 Å². The highest BCUT2D eigenvalue weighted by Gasteiger charge is 2.36. The van der Waals surface area contributed by atoms with Gasteiger partial charge in [0, 0.05) is 103 Å². The average Bonchev–Trinajstić information content (AvgIpc) is 4.27. The van der Waals surface area contributed by atoms with E-state index in [1.807, 2.05) is 0 Å². The van der Waals surface area contributed by atoms with E-state index >= 15 is 0 Å². The molecule has 7 aromatic rings. The number of carboxylic acid groups (broad SMARTS) is 1. The molecule has 6 atom stereocenters. The minimum absolute atomic E-state index is 0.0463. The number of carboxylic acids is 1.